The number of nitrogens with two attached hydrogens (primary N) is 1. The minimum absolute atomic E-state index is 0.743. The minimum Gasteiger partial charge on any atom is -0.383 e. The number of hydrogen-bond donors (Lipinski definition) is 1. The molecule has 0 unspecified atom stereocenters. The summed E-state index contributed by atoms with van der Waals surface area (Å²) in [4.78, 5) is 0. The van der Waals surface area contributed by atoms with Gasteiger partial charge in [0.25, 0.3) is 0 Å². The number of aromatic nitrogens is 2. The fraction of sp³-hybridized carbons (Fsp3) is 0.471. The quantitative estimate of drug-likeness (QED) is 0.894. The van der Waals surface area contributed by atoms with E-state index in [1.807, 2.05) is 14.0 Å². The summed E-state index contributed by atoms with van der Waals surface area (Å²) in [6.45, 7) is 2.01. The van der Waals surface area contributed by atoms with E-state index in [1.165, 1.54) is 43.2 Å². The number of aryl methyl sites for hydroxylation is 2. The smallest absolute Gasteiger partial charge is 0.129 e. The molecular weight excluding hydrogens is 246 g/mol. The summed E-state index contributed by atoms with van der Waals surface area (Å²) in [6.07, 6.45) is 6.84. The van der Waals surface area contributed by atoms with Gasteiger partial charge in [-0.3, -0.25) is 4.68 Å². The van der Waals surface area contributed by atoms with Crippen LogP contribution in [-0.4, -0.2) is 9.78 Å². The zero-order valence-electron chi connectivity index (χ0n) is 12.4. The summed E-state index contributed by atoms with van der Waals surface area (Å²) in [5.74, 6) is 1.50. The SMILES string of the molecule is Cc1nn(C)c(N)c1-c1ccc(C2CCCCC2)cc1. The fourth-order valence-corrected chi connectivity index (χ4v) is 3.39. The molecule has 1 heterocycles. The largest absolute Gasteiger partial charge is 0.383 e. The van der Waals surface area contributed by atoms with Gasteiger partial charge in [0.1, 0.15) is 5.82 Å². The van der Waals surface area contributed by atoms with Crippen molar-refractivity contribution in [1.29, 1.82) is 0 Å². The molecule has 0 saturated heterocycles. The monoisotopic (exact) mass is 269 g/mol. The molecule has 0 spiro atoms. The van der Waals surface area contributed by atoms with Crippen molar-refractivity contribution < 1.29 is 0 Å². The molecule has 2 N–H and O–H groups in total. The van der Waals surface area contributed by atoms with E-state index in [2.05, 4.69) is 29.4 Å². The first-order valence-corrected chi connectivity index (χ1v) is 7.56. The van der Waals surface area contributed by atoms with Crippen LogP contribution < -0.4 is 5.73 Å². The highest BCUT2D eigenvalue weighted by Crippen LogP contribution is 2.35. The molecule has 3 heteroatoms. The molecule has 0 amide bonds. The lowest BCUT2D eigenvalue weighted by Crippen LogP contribution is -2.04. The molecule has 1 aliphatic rings. The lowest BCUT2D eigenvalue weighted by molar-refractivity contribution is 0.443. The zero-order chi connectivity index (χ0) is 14.1. The topological polar surface area (TPSA) is 43.8 Å². The lowest BCUT2D eigenvalue weighted by Gasteiger charge is -2.22. The summed E-state index contributed by atoms with van der Waals surface area (Å²) in [6, 6.07) is 8.95. The third-order valence-corrected chi connectivity index (χ3v) is 4.54. The van der Waals surface area contributed by atoms with E-state index in [9.17, 15) is 0 Å². The van der Waals surface area contributed by atoms with E-state index in [4.69, 9.17) is 5.73 Å². The van der Waals surface area contributed by atoms with E-state index >= 15 is 0 Å². The molecular formula is C17H23N3. The summed E-state index contributed by atoms with van der Waals surface area (Å²) in [5, 5.41) is 4.39. The Hall–Kier alpha value is -1.77. The summed E-state index contributed by atoms with van der Waals surface area (Å²) in [5.41, 5.74) is 10.8. The number of benzene rings is 1. The van der Waals surface area contributed by atoms with Crippen molar-refractivity contribution in [2.24, 2.45) is 7.05 Å². The van der Waals surface area contributed by atoms with Crippen molar-refractivity contribution in [3.63, 3.8) is 0 Å². The molecule has 2 aromatic rings. The van der Waals surface area contributed by atoms with Crippen LogP contribution >= 0.6 is 0 Å². The van der Waals surface area contributed by atoms with E-state index in [-0.39, 0.29) is 0 Å². The predicted molar refractivity (Wildman–Crippen MR) is 83.6 cm³/mol. The first kappa shape index (κ1) is 13.2. The van der Waals surface area contributed by atoms with Gasteiger partial charge in [-0.2, -0.15) is 5.10 Å². The average molecular weight is 269 g/mol. The Morgan fingerprint density at radius 2 is 1.75 bits per heavy atom. The molecule has 20 heavy (non-hydrogen) atoms. The van der Waals surface area contributed by atoms with E-state index in [0.717, 1.165) is 23.0 Å². The van der Waals surface area contributed by atoms with Crippen LogP contribution in [0, 0.1) is 6.92 Å². The van der Waals surface area contributed by atoms with E-state index < -0.39 is 0 Å². The van der Waals surface area contributed by atoms with Gasteiger partial charge in [0.05, 0.1) is 5.69 Å². The standard InChI is InChI=1S/C17H23N3/c1-12-16(17(18)20(2)19-12)15-10-8-14(9-11-15)13-6-4-3-5-7-13/h8-11,13H,3-7,18H2,1-2H3. The number of nitrogens with zero attached hydrogens (tertiary/aromatic N) is 2. The van der Waals surface area contributed by atoms with Crippen LogP contribution in [0.3, 0.4) is 0 Å². The van der Waals surface area contributed by atoms with Crippen LogP contribution in [0.5, 0.6) is 0 Å². The molecule has 0 atom stereocenters. The van der Waals surface area contributed by atoms with Crippen molar-refractivity contribution >= 4 is 5.82 Å². The van der Waals surface area contributed by atoms with Crippen molar-refractivity contribution in [3.8, 4) is 11.1 Å². The predicted octanol–water partition coefficient (Wildman–Crippen LogP) is 4.03. The van der Waals surface area contributed by atoms with Gasteiger partial charge in [-0.1, -0.05) is 43.5 Å². The highest BCUT2D eigenvalue weighted by molar-refractivity contribution is 5.76. The summed E-state index contributed by atoms with van der Waals surface area (Å²) in [7, 11) is 1.89. The molecule has 1 saturated carbocycles. The maximum atomic E-state index is 6.12. The number of hydrogen-bond acceptors (Lipinski definition) is 2. The maximum Gasteiger partial charge on any atom is 0.129 e. The van der Waals surface area contributed by atoms with Crippen molar-refractivity contribution in [2.45, 2.75) is 44.9 Å². The second-order valence-electron chi connectivity index (χ2n) is 5.93. The Morgan fingerprint density at radius 3 is 2.30 bits per heavy atom. The molecule has 0 aliphatic heterocycles. The molecule has 3 rings (SSSR count). The molecule has 1 aromatic carbocycles. The fourth-order valence-electron chi connectivity index (χ4n) is 3.39. The summed E-state index contributed by atoms with van der Waals surface area (Å²) < 4.78 is 1.75. The Kier molecular flexibility index (Phi) is 3.51. The Bertz CT molecular complexity index is 589. The Morgan fingerprint density at radius 1 is 1.10 bits per heavy atom. The maximum absolute atomic E-state index is 6.12. The molecule has 1 aromatic heterocycles. The van der Waals surface area contributed by atoms with Gasteiger partial charge in [-0.05, 0) is 36.8 Å². The molecule has 1 aliphatic carbocycles. The Labute approximate surface area is 120 Å². The number of rotatable bonds is 2. The van der Waals surface area contributed by atoms with Gasteiger partial charge in [0.15, 0.2) is 0 Å². The normalized spacial score (nSPS) is 16.5. The summed E-state index contributed by atoms with van der Waals surface area (Å²) >= 11 is 0. The minimum atomic E-state index is 0.743. The third-order valence-electron chi connectivity index (χ3n) is 4.54. The van der Waals surface area contributed by atoms with Gasteiger partial charge in [-0.25, -0.2) is 0 Å². The van der Waals surface area contributed by atoms with Crippen molar-refractivity contribution in [1.82, 2.24) is 9.78 Å². The highest BCUT2D eigenvalue weighted by Gasteiger charge is 2.16. The van der Waals surface area contributed by atoms with Gasteiger partial charge >= 0.3 is 0 Å². The highest BCUT2D eigenvalue weighted by atomic mass is 15.3. The number of nitrogen functional groups attached to an aromatic ring is 1. The molecule has 0 bridgehead atoms. The van der Waals surface area contributed by atoms with Crippen LogP contribution in [0.15, 0.2) is 24.3 Å². The second kappa shape index (κ2) is 5.31. The molecule has 3 nitrogen and oxygen atoms in total. The van der Waals surface area contributed by atoms with Gasteiger partial charge in [0, 0.05) is 12.6 Å². The zero-order valence-corrected chi connectivity index (χ0v) is 12.4. The van der Waals surface area contributed by atoms with E-state index in [0.29, 0.717) is 0 Å². The first-order valence-electron chi connectivity index (χ1n) is 7.56. The van der Waals surface area contributed by atoms with Gasteiger partial charge in [0.2, 0.25) is 0 Å². The van der Waals surface area contributed by atoms with Crippen LogP contribution in [0.2, 0.25) is 0 Å². The first-order chi connectivity index (χ1) is 9.66. The lowest BCUT2D eigenvalue weighted by atomic mass is 9.84. The van der Waals surface area contributed by atoms with Gasteiger partial charge in [-0.15, -0.1) is 0 Å². The average Bonchev–Trinajstić information content (AvgIpc) is 2.73. The number of anilines is 1. The Balaban J connectivity index is 1.89. The second-order valence-corrected chi connectivity index (χ2v) is 5.93. The van der Waals surface area contributed by atoms with E-state index in [1.54, 1.807) is 4.68 Å². The van der Waals surface area contributed by atoms with Crippen LogP contribution in [-0.2, 0) is 7.05 Å². The van der Waals surface area contributed by atoms with Crippen LogP contribution in [0.25, 0.3) is 11.1 Å². The van der Waals surface area contributed by atoms with Crippen LogP contribution in [0.1, 0.15) is 49.3 Å². The molecule has 106 valence electrons. The van der Waals surface area contributed by atoms with Crippen molar-refractivity contribution in [3.05, 3.63) is 35.5 Å². The third kappa shape index (κ3) is 2.33. The van der Waals surface area contributed by atoms with Gasteiger partial charge < -0.3 is 5.73 Å². The van der Waals surface area contributed by atoms with Crippen molar-refractivity contribution in [2.75, 3.05) is 5.73 Å². The molecule has 0 radical (unpaired) electrons. The molecule has 1 fully saturated rings. The van der Waals surface area contributed by atoms with Crippen LogP contribution in [0.4, 0.5) is 5.82 Å².